The highest BCUT2D eigenvalue weighted by Crippen LogP contribution is 2.39. The Morgan fingerprint density at radius 2 is 1.55 bits per heavy atom. The highest BCUT2D eigenvalue weighted by atomic mass is 16.5. The van der Waals surface area contributed by atoms with Crippen molar-refractivity contribution in [2.45, 2.75) is 73.3 Å². The van der Waals surface area contributed by atoms with Gasteiger partial charge in [-0.3, -0.25) is 14.4 Å². The number of Topliss-reactive ketones (excluding diaryl/α,β-unsaturated/α-hetero) is 1. The number of nitrogens with one attached hydrogen (secondary N) is 4. The van der Waals surface area contributed by atoms with E-state index in [1.165, 1.54) is 23.8 Å². The topological polar surface area (TPSA) is 140 Å². The fraction of sp³-hybridized carbons (Fsp3) is 0.400. The zero-order valence-electron chi connectivity index (χ0n) is 26.4. The van der Waals surface area contributed by atoms with E-state index in [4.69, 9.17) is 4.74 Å². The minimum atomic E-state index is -1.12. The Morgan fingerprint density at radius 3 is 2.20 bits per heavy atom. The number of allylic oxidation sites excluding steroid dienone is 1. The third kappa shape index (κ3) is 4.40. The minimum absolute atomic E-state index is 0.0398. The van der Waals surface area contributed by atoms with Gasteiger partial charge in [-0.05, 0) is 104 Å². The number of carbonyl (C=O) groups excluding carboxylic acids is 2. The summed E-state index contributed by atoms with van der Waals surface area (Å²) >= 11 is 0. The maximum Gasteiger partial charge on any atom is 0.320 e. The number of ketones is 1. The van der Waals surface area contributed by atoms with Crippen molar-refractivity contribution in [1.29, 1.82) is 0 Å². The number of carboxylic acid groups (broad SMARTS) is 1. The fourth-order valence-electron chi connectivity index (χ4n) is 7.58. The van der Waals surface area contributed by atoms with Gasteiger partial charge in [0.2, 0.25) is 0 Å². The van der Waals surface area contributed by atoms with E-state index >= 15 is 0 Å². The Hall–Kier alpha value is -4.53. The average Bonchev–Trinajstić information content (AvgIpc) is 3.72. The van der Waals surface area contributed by atoms with Crippen LogP contribution in [0.3, 0.4) is 0 Å². The second kappa shape index (κ2) is 10.9. The van der Waals surface area contributed by atoms with Crippen molar-refractivity contribution in [3.63, 3.8) is 0 Å². The van der Waals surface area contributed by atoms with Crippen LogP contribution in [0.1, 0.15) is 83.2 Å². The number of methoxy groups -OCH3 is 1. The highest BCUT2D eigenvalue weighted by molar-refractivity contribution is 6.19. The van der Waals surface area contributed by atoms with E-state index in [9.17, 15) is 19.5 Å². The molecule has 5 heterocycles. The Labute approximate surface area is 255 Å². The molecule has 1 unspecified atom stereocenters. The lowest BCUT2D eigenvalue weighted by Gasteiger charge is -2.25. The largest absolute Gasteiger partial charge is 0.481 e. The van der Waals surface area contributed by atoms with Crippen molar-refractivity contribution in [2.75, 3.05) is 7.11 Å². The molecule has 0 aromatic carbocycles. The molecule has 0 radical (unpaired) electrons. The SMILES string of the molecule is CCc1c2[nH]c(c1C)/C=c1\[nH]/c(c(C)c1CC)=C\C1=C(C)[C@H](CCC(=O)O)C(N1)C1=c3[nH]/c(c(C)c3C(=O)[C@@H]1C(=O)OC)=C\2. The summed E-state index contributed by atoms with van der Waals surface area (Å²) in [7, 11) is 1.29. The molecule has 230 valence electrons. The maximum absolute atomic E-state index is 14.0. The zero-order valence-corrected chi connectivity index (χ0v) is 26.4. The van der Waals surface area contributed by atoms with Gasteiger partial charge in [0.1, 0.15) is 5.92 Å². The lowest BCUT2D eigenvalue weighted by molar-refractivity contribution is -0.142. The third-order valence-corrected chi connectivity index (χ3v) is 10.0. The van der Waals surface area contributed by atoms with Gasteiger partial charge in [-0.15, -0.1) is 0 Å². The standard InChI is InChI=1S/C35H40N4O5/c1-8-19-15(3)22-12-24-17(5)21(10-11-28(40)41)32(38-24)30-31(35(43)44-7)34(42)29-18(6)25(39-33(29)30)14-27-20(9-2)16(4)23(37-27)13-26(19)36-22/h12-14,21,31-32,36-39H,8-11H2,1-7H3,(H,40,41)/b22-12-,25-14-,26-13-/t21-,31+,32?/m0/s1. The van der Waals surface area contributed by atoms with E-state index in [-0.39, 0.29) is 18.1 Å². The molecule has 0 fully saturated rings. The number of rotatable bonds is 6. The summed E-state index contributed by atoms with van der Waals surface area (Å²) in [5.41, 5.74) is 10.4. The van der Waals surface area contributed by atoms with Crippen LogP contribution in [0.5, 0.6) is 0 Å². The first-order chi connectivity index (χ1) is 21.0. The molecule has 0 spiro atoms. The molecule has 3 aromatic rings. The van der Waals surface area contributed by atoms with Crippen LogP contribution in [0.15, 0.2) is 11.3 Å². The van der Waals surface area contributed by atoms with Crippen LogP contribution >= 0.6 is 0 Å². The van der Waals surface area contributed by atoms with Crippen molar-refractivity contribution >= 4 is 41.5 Å². The zero-order chi connectivity index (χ0) is 31.6. The number of carboxylic acids is 1. The highest BCUT2D eigenvalue weighted by Gasteiger charge is 2.47. The quantitative estimate of drug-likeness (QED) is 0.218. The molecule has 1 aliphatic carbocycles. The second-order valence-electron chi connectivity index (χ2n) is 12.2. The molecule has 0 saturated carbocycles. The summed E-state index contributed by atoms with van der Waals surface area (Å²) in [6.07, 6.45) is 8.31. The van der Waals surface area contributed by atoms with Crippen molar-refractivity contribution < 1.29 is 24.2 Å². The molecule has 9 nitrogen and oxygen atoms in total. The predicted molar refractivity (Wildman–Crippen MR) is 169 cm³/mol. The van der Waals surface area contributed by atoms with E-state index < -0.39 is 23.9 Å². The van der Waals surface area contributed by atoms with Gasteiger partial charge in [0.25, 0.3) is 0 Å². The third-order valence-electron chi connectivity index (χ3n) is 10.0. The fourth-order valence-corrected chi connectivity index (χ4v) is 7.58. The molecule has 0 amide bonds. The molecular formula is C35H40N4O5. The second-order valence-corrected chi connectivity index (χ2v) is 12.2. The summed E-state index contributed by atoms with van der Waals surface area (Å²) < 4.78 is 5.17. The van der Waals surface area contributed by atoms with Crippen LogP contribution in [-0.4, -0.2) is 50.9 Å². The van der Waals surface area contributed by atoms with Gasteiger partial charge in [0.05, 0.1) is 18.5 Å². The van der Waals surface area contributed by atoms with Crippen LogP contribution in [0.4, 0.5) is 0 Å². The van der Waals surface area contributed by atoms with Crippen LogP contribution in [0.2, 0.25) is 0 Å². The van der Waals surface area contributed by atoms with Crippen LogP contribution < -0.4 is 26.7 Å². The molecule has 3 aliphatic rings. The molecule has 0 saturated heterocycles. The Kier molecular flexibility index (Phi) is 7.30. The van der Waals surface area contributed by atoms with Gasteiger partial charge >= 0.3 is 11.9 Å². The first-order valence-corrected chi connectivity index (χ1v) is 15.4. The number of fused-ring (bicyclic) bond motifs is 8. The van der Waals surface area contributed by atoms with Crippen molar-refractivity contribution in [3.05, 3.63) is 77.4 Å². The number of esters is 1. The molecule has 9 heteroatoms. The first-order valence-electron chi connectivity index (χ1n) is 15.4. The van der Waals surface area contributed by atoms with Crippen LogP contribution in [0.25, 0.3) is 23.8 Å². The number of ether oxygens (including phenoxy) is 1. The Morgan fingerprint density at radius 1 is 0.864 bits per heavy atom. The van der Waals surface area contributed by atoms with Crippen LogP contribution in [0, 0.1) is 32.6 Å². The van der Waals surface area contributed by atoms with Crippen molar-refractivity contribution in [1.82, 2.24) is 20.3 Å². The van der Waals surface area contributed by atoms with Gasteiger partial charge in [0, 0.05) is 51.0 Å². The normalized spacial score (nSPS) is 22.6. The number of aromatic nitrogens is 3. The number of aromatic amines is 3. The Balaban J connectivity index is 1.74. The molecule has 2 aliphatic heterocycles. The van der Waals surface area contributed by atoms with E-state index in [0.717, 1.165) is 62.7 Å². The maximum atomic E-state index is 14.0. The summed E-state index contributed by atoms with van der Waals surface area (Å²) in [5, 5.41) is 16.7. The molecule has 3 aromatic heterocycles. The number of carbonyl (C=O) groups is 3. The molecule has 5 N–H and O–H groups in total. The average molecular weight is 597 g/mol. The summed E-state index contributed by atoms with van der Waals surface area (Å²) in [6.45, 7) is 12.4. The molecule has 3 atom stereocenters. The van der Waals surface area contributed by atoms with E-state index in [1.54, 1.807) is 0 Å². The minimum Gasteiger partial charge on any atom is -0.481 e. The van der Waals surface area contributed by atoms with E-state index in [2.05, 4.69) is 66.2 Å². The number of hydrogen-bond donors (Lipinski definition) is 5. The van der Waals surface area contributed by atoms with E-state index in [1.807, 2.05) is 13.8 Å². The van der Waals surface area contributed by atoms with E-state index in [0.29, 0.717) is 22.9 Å². The predicted octanol–water partition coefficient (Wildman–Crippen LogP) is 2.04. The number of aliphatic carboxylic acids is 1. The monoisotopic (exact) mass is 596 g/mol. The number of H-pyrrole nitrogens is 3. The van der Waals surface area contributed by atoms with Gasteiger partial charge in [0.15, 0.2) is 5.78 Å². The lowest BCUT2D eigenvalue weighted by Crippen LogP contribution is -2.39. The van der Waals surface area contributed by atoms with Crippen molar-refractivity contribution in [3.8, 4) is 0 Å². The summed E-state index contributed by atoms with van der Waals surface area (Å²) in [6, 6.07) is -0.480. The van der Waals surface area contributed by atoms with Gasteiger partial charge in [-0.25, -0.2) is 0 Å². The first kappa shape index (κ1) is 29.5. The molecule has 44 heavy (non-hydrogen) atoms. The molecular weight excluding hydrogens is 556 g/mol. The van der Waals surface area contributed by atoms with Crippen molar-refractivity contribution in [2.24, 2.45) is 11.8 Å². The summed E-state index contributed by atoms with van der Waals surface area (Å²) in [5.74, 6) is -3.17. The molecule has 8 bridgehead atoms. The Bertz CT molecular complexity index is 2030. The van der Waals surface area contributed by atoms with Gasteiger partial charge in [-0.1, -0.05) is 13.8 Å². The van der Waals surface area contributed by atoms with Gasteiger partial charge < -0.3 is 30.1 Å². The number of hydrogen-bond acceptors (Lipinski definition) is 5. The smallest absolute Gasteiger partial charge is 0.320 e. The summed E-state index contributed by atoms with van der Waals surface area (Å²) in [4.78, 5) is 49.8. The van der Waals surface area contributed by atoms with Gasteiger partial charge in [-0.2, -0.15) is 0 Å². The molecule has 6 rings (SSSR count). The van der Waals surface area contributed by atoms with Crippen LogP contribution in [-0.2, 0) is 27.2 Å². The lowest BCUT2D eigenvalue weighted by atomic mass is 9.82.